The van der Waals surface area contributed by atoms with E-state index in [0.29, 0.717) is 5.92 Å². The Bertz CT molecular complexity index is 331. The first-order valence-corrected chi connectivity index (χ1v) is 5.88. The van der Waals surface area contributed by atoms with Crippen molar-refractivity contribution in [3.63, 3.8) is 0 Å². The normalized spacial score (nSPS) is 12.6. The molecular formula is C15H23N. The van der Waals surface area contributed by atoms with Gasteiger partial charge in [0.1, 0.15) is 0 Å². The second kappa shape index (κ2) is 7.93. The summed E-state index contributed by atoms with van der Waals surface area (Å²) in [6, 6.07) is 2.24. The lowest BCUT2D eigenvalue weighted by Crippen LogP contribution is -1.89. The maximum atomic E-state index is 8.90. The molecule has 88 valence electrons. The molecule has 1 heteroatoms. The minimum Gasteiger partial charge on any atom is -0.193 e. The van der Waals surface area contributed by atoms with Gasteiger partial charge in [-0.2, -0.15) is 5.26 Å². The Morgan fingerprint density at radius 1 is 1.19 bits per heavy atom. The van der Waals surface area contributed by atoms with Crippen LogP contribution in [0, 0.1) is 17.2 Å². The van der Waals surface area contributed by atoms with Crippen LogP contribution in [-0.2, 0) is 0 Å². The SMILES string of the molecule is CC(C)=CCC/C(C)=C/C=C(/C#N)C(C)C. The molecule has 1 nitrogen and oxygen atoms in total. The van der Waals surface area contributed by atoms with Crippen molar-refractivity contribution in [2.75, 3.05) is 0 Å². The van der Waals surface area contributed by atoms with Gasteiger partial charge in [0.05, 0.1) is 6.07 Å². The van der Waals surface area contributed by atoms with Crippen LogP contribution in [0.4, 0.5) is 0 Å². The minimum absolute atomic E-state index is 0.312. The van der Waals surface area contributed by atoms with Gasteiger partial charge in [-0.15, -0.1) is 0 Å². The average molecular weight is 217 g/mol. The molecule has 0 bridgehead atoms. The lowest BCUT2D eigenvalue weighted by atomic mass is 10.0. The predicted molar refractivity (Wildman–Crippen MR) is 71.0 cm³/mol. The van der Waals surface area contributed by atoms with Crippen LogP contribution < -0.4 is 0 Å². The van der Waals surface area contributed by atoms with Crippen molar-refractivity contribution in [2.45, 2.75) is 47.5 Å². The molecule has 0 aliphatic heterocycles. The second-order valence-corrected chi connectivity index (χ2v) is 4.72. The van der Waals surface area contributed by atoms with Crippen molar-refractivity contribution in [2.24, 2.45) is 5.92 Å². The Morgan fingerprint density at radius 2 is 1.81 bits per heavy atom. The third-order valence-corrected chi connectivity index (χ3v) is 2.39. The standard InChI is InChI=1S/C15H23N/c1-12(2)7-6-8-14(5)9-10-15(11-16)13(3)4/h7,9-10,13H,6,8H2,1-5H3/b14-9+,15-10-. The Labute approximate surface area is 100 Å². The molecule has 0 aliphatic carbocycles. The molecule has 0 aliphatic rings. The van der Waals surface area contributed by atoms with Gasteiger partial charge in [-0.3, -0.25) is 0 Å². The van der Waals surface area contributed by atoms with E-state index in [1.54, 1.807) is 0 Å². The Hall–Kier alpha value is -1.29. The topological polar surface area (TPSA) is 23.8 Å². The summed E-state index contributed by atoms with van der Waals surface area (Å²) in [6.45, 7) is 10.4. The van der Waals surface area contributed by atoms with E-state index in [9.17, 15) is 0 Å². The van der Waals surface area contributed by atoms with Gasteiger partial charge in [-0.1, -0.05) is 37.1 Å². The molecule has 0 N–H and O–H groups in total. The average Bonchev–Trinajstić information content (AvgIpc) is 2.17. The van der Waals surface area contributed by atoms with E-state index in [2.05, 4.69) is 39.0 Å². The van der Waals surface area contributed by atoms with Gasteiger partial charge < -0.3 is 0 Å². The van der Waals surface area contributed by atoms with Crippen LogP contribution in [0.25, 0.3) is 0 Å². The highest BCUT2D eigenvalue weighted by Gasteiger charge is 1.99. The molecule has 0 saturated heterocycles. The van der Waals surface area contributed by atoms with E-state index < -0.39 is 0 Å². The Balaban J connectivity index is 4.34. The van der Waals surface area contributed by atoms with Crippen molar-refractivity contribution >= 4 is 0 Å². The number of hydrogen-bond donors (Lipinski definition) is 0. The maximum Gasteiger partial charge on any atom is 0.0949 e. The molecule has 0 aromatic carbocycles. The van der Waals surface area contributed by atoms with Gasteiger partial charge in [0.15, 0.2) is 0 Å². The zero-order valence-corrected chi connectivity index (χ0v) is 11.2. The van der Waals surface area contributed by atoms with Crippen LogP contribution >= 0.6 is 0 Å². The molecule has 0 saturated carbocycles. The molecule has 0 heterocycles. The van der Waals surface area contributed by atoms with Crippen molar-refractivity contribution in [3.8, 4) is 6.07 Å². The summed E-state index contributed by atoms with van der Waals surface area (Å²) in [5.41, 5.74) is 3.54. The Morgan fingerprint density at radius 3 is 2.25 bits per heavy atom. The maximum absolute atomic E-state index is 8.90. The highest BCUT2D eigenvalue weighted by atomic mass is 14.2. The first-order chi connectivity index (χ1) is 7.47. The molecule has 0 rings (SSSR count). The molecule has 0 spiro atoms. The Kier molecular flexibility index (Phi) is 7.29. The van der Waals surface area contributed by atoms with E-state index in [1.807, 2.05) is 19.9 Å². The quantitative estimate of drug-likeness (QED) is 0.369. The molecule has 0 unspecified atom stereocenters. The zero-order chi connectivity index (χ0) is 12.6. The minimum atomic E-state index is 0.312. The first kappa shape index (κ1) is 14.7. The van der Waals surface area contributed by atoms with Gasteiger partial charge in [0, 0.05) is 5.57 Å². The molecule has 0 fully saturated rings. The van der Waals surface area contributed by atoms with Crippen LogP contribution in [0.15, 0.2) is 34.9 Å². The third kappa shape index (κ3) is 7.06. The van der Waals surface area contributed by atoms with Gasteiger partial charge in [-0.25, -0.2) is 0 Å². The van der Waals surface area contributed by atoms with Crippen LogP contribution in [0.3, 0.4) is 0 Å². The summed E-state index contributed by atoms with van der Waals surface area (Å²) < 4.78 is 0. The summed E-state index contributed by atoms with van der Waals surface area (Å²) in [4.78, 5) is 0. The van der Waals surface area contributed by atoms with Crippen LogP contribution in [0.1, 0.15) is 47.5 Å². The largest absolute Gasteiger partial charge is 0.193 e. The number of nitriles is 1. The highest BCUT2D eigenvalue weighted by Crippen LogP contribution is 2.11. The van der Waals surface area contributed by atoms with Gasteiger partial charge >= 0.3 is 0 Å². The van der Waals surface area contributed by atoms with Crippen molar-refractivity contribution < 1.29 is 0 Å². The molecule has 16 heavy (non-hydrogen) atoms. The molecule has 0 atom stereocenters. The number of nitrogens with zero attached hydrogens (tertiary/aromatic N) is 1. The monoisotopic (exact) mass is 217 g/mol. The predicted octanol–water partition coefficient (Wildman–Crippen LogP) is 4.79. The van der Waals surface area contributed by atoms with Crippen LogP contribution in [0.5, 0.6) is 0 Å². The first-order valence-electron chi connectivity index (χ1n) is 5.88. The van der Waals surface area contributed by atoms with E-state index >= 15 is 0 Å². The molecular weight excluding hydrogens is 194 g/mol. The summed E-state index contributed by atoms with van der Waals surface area (Å²) >= 11 is 0. The molecule has 0 amide bonds. The van der Waals surface area contributed by atoms with Crippen molar-refractivity contribution in [3.05, 3.63) is 34.9 Å². The van der Waals surface area contributed by atoms with E-state index in [0.717, 1.165) is 18.4 Å². The van der Waals surface area contributed by atoms with E-state index in [-0.39, 0.29) is 0 Å². The fourth-order valence-electron chi connectivity index (χ4n) is 1.26. The second-order valence-electron chi connectivity index (χ2n) is 4.72. The number of rotatable bonds is 5. The van der Waals surface area contributed by atoms with Gasteiger partial charge in [0.2, 0.25) is 0 Å². The lowest BCUT2D eigenvalue weighted by Gasteiger charge is -2.01. The molecule has 0 aromatic heterocycles. The fourth-order valence-corrected chi connectivity index (χ4v) is 1.26. The molecule has 0 radical (unpaired) electrons. The van der Waals surface area contributed by atoms with Crippen molar-refractivity contribution in [1.82, 2.24) is 0 Å². The summed E-state index contributed by atoms with van der Waals surface area (Å²) in [5.74, 6) is 0.312. The number of hydrogen-bond acceptors (Lipinski definition) is 1. The van der Waals surface area contributed by atoms with Gasteiger partial charge in [-0.05, 0) is 45.6 Å². The smallest absolute Gasteiger partial charge is 0.0949 e. The lowest BCUT2D eigenvalue weighted by molar-refractivity contribution is 0.795. The zero-order valence-electron chi connectivity index (χ0n) is 11.2. The third-order valence-electron chi connectivity index (χ3n) is 2.39. The van der Waals surface area contributed by atoms with E-state index in [1.165, 1.54) is 11.1 Å². The van der Waals surface area contributed by atoms with Gasteiger partial charge in [0.25, 0.3) is 0 Å². The van der Waals surface area contributed by atoms with E-state index in [4.69, 9.17) is 5.26 Å². The van der Waals surface area contributed by atoms with Crippen LogP contribution in [0.2, 0.25) is 0 Å². The highest BCUT2D eigenvalue weighted by molar-refractivity contribution is 5.28. The summed E-state index contributed by atoms with van der Waals surface area (Å²) in [7, 11) is 0. The fraction of sp³-hybridized carbons (Fsp3) is 0.533. The number of allylic oxidation sites excluding steroid dienone is 6. The van der Waals surface area contributed by atoms with Crippen LogP contribution in [-0.4, -0.2) is 0 Å². The summed E-state index contributed by atoms with van der Waals surface area (Å²) in [5, 5.41) is 8.90. The summed E-state index contributed by atoms with van der Waals surface area (Å²) in [6.07, 6.45) is 8.41. The molecule has 0 aromatic rings. The van der Waals surface area contributed by atoms with Crippen molar-refractivity contribution in [1.29, 1.82) is 5.26 Å².